The van der Waals surface area contributed by atoms with Gasteiger partial charge in [0.15, 0.2) is 11.5 Å². The van der Waals surface area contributed by atoms with Crippen molar-refractivity contribution in [2.45, 2.75) is 44.7 Å². The van der Waals surface area contributed by atoms with Gasteiger partial charge >= 0.3 is 0 Å². The summed E-state index contributed by atoms with van der Waals surface area (Å²) in [5.41, 5.74) is 0.890. The predicted molar refractivity (Wildman–Crippen MR) is 96.6 cm³/mol. The quantitative estimate of drug-likeness (QED) is 0.815. The van der Waals surface area contributed by atoms with Crippen LogP contribution in [0.1, 0.15) is 38.2 Å². The van der Waals surface area contributed by atoms with E-state index in [9.17, 15) is 9.59 Å². The normalized spacial score (nSPS) is 30.0. The molecule has 3 aliphatic rings. The minimum absolute atomic E-state index is 0.107. The van der Waals surface area contributed by atoms with Crippen LogP contribution in [0.25, 0.3) is 6.08 Å². The Morgan fingerprint density at radius 3 is 3.00 bits per heavy atom. The van der Waals surface area contributed by atoms with Crippen LogP contribution in [0.5, 0.6) is 11.5 Å². The lowest BCUT2D eigenvalue weighted by Crippen LogP contribution is -2.54. The second-order valence-electron chi connectivity index (χ2n) is 7.48. The molecule has 1 saturated carbocycles. The van der Waals surface area contributed by atoms with Gasteiger partial charge in [0, 0.05) is 24.6 Å². The van der Waals surface area contributed by atoms with Gasteiger partial charge in [-0.1, -0.05) is 13.0 Å². The van der Waals surface area contributed by atoms with Crippen molar-refractivity contribution in [2.24, 2.45) is 11.8 Å². The van der Waals surface area contributed by atoms with E-state index >= 15 is 0 Å². The average molecular weight is 356 g/mol. The van der Waals surface area contributed by atoms with Gasteiger partial charge in [-0.15, -0.1) is 0 Å². The van der Waals surface area contributed by atoms with E-state index in [-0.39, 0.29) is 30.7 Å². The van der Waals surface area contributed by atoms with Crippen molar-refractivity contribution >= 4 is 17.9 Å². The van der Waals surface area contributed by atoms with Gasteiger partial charge in [-0.2, -0.15) is 0 Å². The van der Waals surface area contributed by atoms with E-state index < -0.39 is 0 Å². The summed E-state index contributed by atoms with van der Waals surface area (Å²) in [4.78, 5) is 24.0. The van der Waals surface area contributed by atoms with Crippen LogP contribution < -0.4 is 20.1 Å². The molecule has 0 aromatic heterocycles. The summed E-state index contributed by atoms with van der Waals surface area (Å²) in [6.07, 6.45) is 6.76. The largest absolute Gasteiger partial charge is 0.454 e. The lowest BCUT2D eigenvalue weighted by molar-refractivity contribution is -0.127. The van der Waals surface area contributed by atoms with Gasteiger partial charge in [0.25, 0.3) is 0 Å². The van der Waals surface area contributed by atoms with Crippen LogP contribution in [0.15, 0.2) is 24.3 Å². The number of benzene rings is 1. The first-order valence-electron chi connectivity index (χ1n) is 9.26. The molecule has 2 N–H and O–H groups in total. The van der Waals surface area contributed by atoms with Gasteiger partial charge in [0.1, 0.15) is 0 Å². The highest BCUT2D eigenvalue weighted by Gasteiger charge is 2.38. The molecule has 4 atom stereocenters. The first-order chi connectivity index (χ1) is 12.6. The van der Waals surface area contributed by atoms with E-state index in [2.05, 4.69) is 17.6 Å². The predicted octanol–water partition coefficient (Wildman–Crippen LogP) is 2.24. The molecular formula is C20H24N2O4. The molecule has 2 aliphatic heterocycles. The van der Waals surface area contributed by atoms with Gasteiger partial charge in [-0.25, -0.2) is 0 Å². The third kappa shape index (κ3) is 3.54. The molecule has 2 amide bonds. The maximum absolute atomic E-state index is 12.3. The van der Waals surface area contributed by atoms with Crippen molar-refractivity contribution in [1.29, 1.82) is 0 Å². The van der Waals surface area contributed by atoms with Crippen LogP contribution in [-0.4, -0.2) is 30.7 Å². The maximum atomic E-state index is 12.3. The molecule has 4 unspecified atom stereocenters. The fourth-order valence-electron chi connectivity index (χ4n) is 4.32. The molecule has 26 heavy (non-hydrogen) atoms. The number of piperidine rings is 1. The monoisotopic (exact) mass is 356 g/mol. The van der Waals surface area contributed by atoms with Crippen molar-refractivity contribution in [3.8, 4) is 11.5 Å². The molecule has 6 heteroatoms. The van der Waals surface area contributed by atoms with Crippen molar-refractivity contribution in [3.05, 3.63) is 29.8 Å². The third-order valence-electron chi connectivity index (χ3n) is 5.66. The molecule has 1 aromatic rings. The second kappa shape index (κ2) is 7.02. The third-order valence-corrected chi connectivity index (χ3v) is 5.66. The van der Waals surface area contributed by atoms with Crippen LogP contribution in [0.3, 0.4) is 0 Å². The molecule has 2 heterocycles. The number of fused-ring (bicyclic) bond motifs is 2. The highest BCUT2D eigenvalue weighted by molar-refractivity contribution is 5.92. The number of nitrogens with one attached hydrogen (secondary N) is 2. The highest BCUT2D eigenvalue weighted by Crippen LogP contribution is 2.35. The molecular weight excluding hydrogens is 332 g/mol. The Kier molecular flexibility index (Phi) is 4.57. The zero-order valence-corrected chi connectivity index (χ0v) is 14.9. The number of hydrogen-bond donors (Lipinski definition) is 2. The summed E-state index contributed by atoms with van der Waals surface area (Å²) >= 11 is 0. The molecule has 4 rings (SSSR count). The standard InChI is InChI=1S/C20H24N2O4/c1-12-8-20(24)22-16-10-14(4-5-15(12)16)21-19(23)7-3-13-2-6-17-18(9-13)26-11-25-17/h2-3,6-7,9,12,14-16H,4-5,8,10-11H2,1H3,(H,21,23)(H,22,24)/b7-3-. The summed E-state index contributed by atoms with van der Waals surface area (Å²) < 4.78 is 10.6. The van der Waals surface area contributed by atoms with E-state index in [1.165, 1.54) is 0 Å². The SMILES string of the molecule is CC1CC(=O)NC2CC(NC(=O)/C=C\c3ccc4c(c3)OCO4)CCC12. The second-order valence-corrected chi connectivity index (χ2v) is 7.48. The summed E-state index contributed by atoms with van der Waals surface area (Å²) in [6, 6.07) is 5.88. The lowest BCUT2D eigenvalue weighted by Gasteiger charge is -2.43. The molecule has 0 bridgehead atoms. The van der Waals surface area contributed by atoms with E-state index in [4.69, 9.17) is 9.47 Å². The molecule has 1 aromatic carbocycles. The fourth-order valence-corrected chi connectivity index (χ4v) is 4.32. The molecule has 1 saturated heterocycles. The minimum atomic E-state index is -0.110. The Hall–Kier alpha value is -2.50. The summed E-state index contributed by atoms with van der Waals surface area (Å²) in [6.45, 7) is 2.39. The Morgan fingerprint density at radius 2 is 2.12 bits per heavy atom. The Labute approximate surface area is 152 Å². The average Bonchev–Trinajstić information content (AvgIpc) is 3.07. The van der Waals surface area contributed by atoms with Gasteiger partial charge in [-0.3, -0.25) is 9.59 Å². The molecule has 0 spiro atoms. The van der Waals surface area contributed by atoms with E-state index in [0.717, 1.165) is 30.6 Å². The van der Waals surface area contributed by atoms with Crippen LogP contribution >= 0.6 is 0 Å². The van der Waals surface area contributed by atoms with Crippen molar-refractivity contribution in [2.75, 3.05) is 6.79 Å². The Morgan fingerprint density at radius 1 is 1.27 bits per heavy atom. The Bertz CT molecular complexity index is 745. The van der Waals surface area contributed by atoms with Crippen LogP contribution in [0, 0.1) is 11.8 Å². The van der Waals surface area contributed by atoms with E-state index in [0.29, 0.717) is 24.0 Å². The topological polar surface area (TPSA) is 76.7 Å². The number of amides is 2. The summed E-state index contributed by atoms with van der Waals surface area (Å²) in [5.74, 6) is 2.41. The molecule has 0 radical (unpaired) electrons. The van der Waals surface area contributed by atoms with Crippen LogP contribution in [0.4, 0.5) is 0 Å². The van der Waals surface area contributed by atoms with E-state index in [1.807, 2.05) is 18.2 Å². The molecule has 2 fully saturated rings. The molecule has 138 valence electrons. The smallest absolute Gasteiger partial charge is 0.244 e. The van der Waals surface area contributed by atoms with Crippen molar-refractivity contribution in [3.63, 3.8) is 0 Å². The van der Waals surface area contributed by atoms with Crippen LogP contribution in [-0.2, 0) is 9.59 Å². The fraction of sp³-hybridized carbons (Fsp3) is 0.500. The molecule has 6 nitrogen and oxygen atoms in total. The number of hydrogen-bond acceptors (Lipinski definition) is 4. The Balaban J connectivity index is 1.33. The minimum Gasteiger partial charge on any atom is -0.454 e. The van der Waals surface area contributed by atoms with Gasteiger partial charge in [0.05, 0.1) is 0 Å². The number of carbonyl (C=O) groups excluding carboxylic acids is 2. The lowest BCUT2D eigenvalue weighted by atomic mass is 9.72. The van der Waals surface area contributed by atoms with Crippen molar-refractivity contribution in [1.82, 2.24) is 10.6 Å². The maximum Gasteiger partial charge on any atom is 0.244 e. The van der Waals surface area contributed by atoms with Gasteiger partial charge < -0.3 is 20.1 Å². The summed E-state index contributed by atoms with van der Waals surface area (Å²) in [7, 11) is 0. The number of ether oxygens (including phenoxy) is 2. The van der Waals surface area contributed by atoms with Gasteiger partial charge in [0.2, 0.25) is 18.6 Å². The first kappa shape index (κ1) is 16.9. The number of rotatable bonds is 3. The zero-order chi connectivity index (χ0) is 18.1. The van der Waals surface area contributed by atoms with Crippen molar-refractivity contribution < 1.29 is 19.1 Å². The highest BCUT2D eigenvalue weighted by atomic mass is 16.7. The van der Waals surface area contributed by atoms with Crippen LogP contribution in [0.2, 0.25) is 0 Å². The van der Waals surface area contributed by atoms with E-state index in [1.54, 1.807) is 12.2 Å². The number of carbonyl (C=O) groups is 2. The van der Waals surface area contributed by atoms with Gasteiger partial charge in [-0.05, 0) is 54.9 Å². The molecule has 1 aliphatic carbocycles. The first-order valence-corrected chi connectivity index (χ1v) is 9.26. The summed E-state index contributed by atoms with van der Waals surface area (Å²) in [5, 5.41) is 6.17. The zero-order valence-electron chi connectivity index (χ0n) is 14.9.